The number of nitrogens with zero attached hydrogens (tertiary/aromatic N) is 1. The third kappa shape index (κ3) is 2.14. The Bertz CT molecular complexity index is 589. The summed E-state index contributed by atoms with van der Waals surface area (Å²) in [6.45, 7) is 4.53. The first-order valence-corrected chi connectivity index (χ1v) is 7.17. The number of benzene rings is 1. The van der Waals surface area contributed by atoms with Gasteiger partial charge in [0.1, 0.15) is 0 Å². The van der Waals surface area contributed by atoms with E-state index in [-0.39, 0.29) is 0 Å². The van der Waals surface area contributed by atoms with Crippen LogP contribution in [0.15, 0.2) is 36.5 Å². The number of rotatable bonds is 1. The molecule has 3 unspecified atom stereocenters. The molecular formula is C17H21NO. The maximum Gasteiger partial charge on any atom is 0.0920 e. The minimum Gasteiger partial charge on any atom is -0.385 e. The lowest BCUT2D eigenvalue weighted by Crippen LogP contribution is -2.35. The lowest BCUT2D eigenvalue weighted by molar-refractivity contribution is -0.0325. The van der Waals surface area contributed by atoms with E-state index in [4.69, 9.17) is 0 Å². The number of pyridine rings is 1. The van der Waals surface area contributed by atoms with E-state index in [0.717, 1.165) is 35.7 Å². The molecule has 100 valence electrons. The molecule has 0 spiro atoms. The number of hydrogen-bond acceptors (Lipinski definition) is 2. The Balaban J connectivity index is 2.09. The molecule has 0 amide bonds. The fourth-order valence-electron chi connectivity index (χ4n) is 3.31. The molecule has 0 saturated heterocycles. The van der Waals surface area contributed by atoms with E-state index in [0.29, 0.717) is 11.8 Å². The van der Waals surface area contributed by atoms with Gasteiger partial charge in [0, 0.05) is 17.1 Å². The molecule has 0 bridgehead atoms. The van der Waals surface area contributed by atoms with Gasteiger partial charge in [0.05, 0.1) is 11.1 Å². The zero-order valence-electron chi connectivity index (χ0n) is 11.6. The van der Waals surface area contributed by atoms with Gasteiger partial charge in [-0.1, -0.05) is 38.1 Å². The fourth-order valence-corrected chi connectivity index (χ4v) is 3.31. The van der Waals surface area contributed by atoms with Crippen molar-refractivity contribution in [3.8, 4) is 0 Å². The average Bonchev–Trinajstić information content (AvgIpc) is 2.43. The highest BCUT2D eigenvalue weighted by Crippen LogP contribution is 2.43. The maximum absolute atomic E-state index is 11.1. The van der Waals surface area contributed by atoms with Crippen LogP contribution in [-0.4, -0.2) is 10.1 Å². The maximum atomic E-state index is 11.1. The molecule has 3 atom stereocenters. The summed E-state index contributed by atoms with van der Waals surface area (Å²) in [4.78, 5) is 4.49. The summed E-state index contributed by atoms with van der Waals surface area (Å²) in [5.41, 5.74) is 1.25. The van der Waals surface area contributed by atoms with E-state index in [1.807, 2.05) is 24.4 Å². The number of aliphatic hydroxyl groups is 1. The monoisotopic (exact) mass is 255 g/mol. The van der Waals surface area contributed by atoms with Crippen LogP contribution in [0.3, 0.4) is 0 Å². The Morgan fingerprint density at radius 2 is 1.95 bits per heavy atom. The van der Waals surface area contributed by atoms with Gasteiger partial charge in [-0.25, -0.2) is 0 Å². The van der Waals surface area contributed by atoms with Crippen LogP contribution in [-0.2, 0) is 5.60 Å². The molecule has 1 N–H and O–H groups in total. The van der Waals surface area contributed by atoms with Crippen molar-refractivity contribution in [3.63, 3.8) is 0 Å². The van der Waals surface area contributed by atoms with Gasteiger partial charge < -0.3 is 5.11 Å². The Labute approximate surface area is 114 Å². The first-order valence-electron chi connectivity index (χ1n) is 7.17. The third-order valence-electron chi connectivity index (χ3n) is 4.78. The average molecular weight is 255 g/mol. The first kappa shape index (κ1) is 12.6. The summed E-state index contributed by atoms with van der Waals surface area (Å²) in [5, 5.41) is 12.2. The van der Waals surface area contributed by atoms with Crippen LogP contribution in [0.1, 0.15) is 38.7 Å². The largest absolute Gasteiger partial charge is 0.385 e. The second-order valence-corrected chi connectivity index (χ2v) is 6.11. The van der Waals surface area contributed by atoms with E-state index in [1.54, 1.807) is 0 Å². The number of hydrogen-bond donors (Lipinski definition) is 1. The van der Waals surface area contributed by atoms with Crippen molar-refractivity contribution < 1.29 is 5.11 Å². The molecule has 19 heavy (non-hydrogen) atoms. The summed E-state index contributed by atoms with van der Waals surface area (Å²) in [6.07, 6.45) is 4.57. The molecule has 0 radical (unpaired) electrons. The van der Waals surface area contributed by atoms with Crippen LogP contribution in [0.25, 0.3) is 10.9 Å². The van der Waals surface area contributed by atoms with E-state index in [1.165, 1.54) is 0 Å². The van der Waals surface area contributed by atoms with Gasteiger partial charge in [-0.2, -0.15) is 0 Å². The van der Waals surface area contributed by atoms with E-state index >= 15 is 0 Å². The highest BCUT2D eigenvalue weighted by Gasteiger charge is 2.38. The SMILES string of the molecule is CC1CCC(O)(c2cccc3cccnc23)CC1C. The predicted octanol–water partition coefficient (Wildman–Crippen LogP) is 3.88. The van der Waals surface area contributed by atoms with Crippen LogP contribution in [0.2, 0.25) is 0 Å². The molecule has 2 heteroatoms. The van der Waals surface area contributed by atoms with Crippen LogP contribution in [0.5, 0.6) is 0 Å². The summed E-state index contributed by atoms with van der Waals surface area (Å²) in [7, 11) is 0. The molecule has 1 aliphatic carbocycles. The Kier molecular flexibility index (Phi) is 3.06. The molecule has 0 aliphatic heterocycles. The number of aromatic nitrogens is 1. The van der Waals surface area contributed by atoms with Gasteiger partial charge >= 0.3 is 0 Å². The predicted molar refractivity (Wildman–Crippen MR) is 77.8 cm³/mol. The quantitative estimate of drug-likeness (QED) is 0.839. The van der Waals surface area contributed by atoms with Gasteiger partial charge in [-0.3, -0.25) is 4.98 Å². The smallest absolute Gasteiger partial charge is 0.0920 e. The van der Waals surface area contributed by atoms with Gasteiger partial charge in [0.2, 0.25) is 0 Å². The lowest BCUT2D eigenvalue weighted by atomic mass is 9.70. The van der Waals surface area contributed by atoms with Crippen molar-refractivity contribution in [1.29, 1.82) is 0 Å². The van der Waals surface area contributed by atoms with E-state index < -0.39 is 5.60 Å². The molecule has 3 rings (SSSR count). The Morgan fingerprint density at radius 1 is 1.16 bits per heavy atom. The number of para-hydroxylation sites is 1. The second kappa shape index (κ2) is 4.61. The Hall–Kier alpha value is -1.41. The molecular weight excluding hydrogens is 234 g/mol. The van der Waals surface area contributed by atoms with E-state index in [2.05, 4.69) is 31.0 Å². The third-order valence-corrected chi connectivity index (χ3v) is 4.78. The summed E-state index contributed by atoms with van der Waals surface area (Å²) in [5.74, 6) is 1.25. The molecule has 1 aromatic carbocycles. The first-order chi connectivity index (χ1) is 9.10. The van der Waals surface area contributed by atoms with Crippen LogP contribution >= 0.6 is 0 Å². The zero-order valence-corrected chi connectivity index (χ0v) is 11.6. The molecule has 1 saturated carbocycles. The van der Waals surface area contributed by atoms with Crippen molar-refractivity contribution in [1.82, 2.24) is 4.98 Å². The van der Waals surface area contributed by atoms with Crippen molar-refractivity contribution in [2.75, 3.05) is 0 Å². The minimum atomic E-state index is -0.709. The summed E-state index contributed by atoms with van der Waals surface area (Å²) in [6, 6.07) is 10.1. The van der Waals surface area contributed by atoms with Crippen LogP contribution in [0.4, 0.5) is 0 Å². The standard InChI is InChI=1S/C17H21NO/c1-12-8-9-17(19,11-13(12)2)15-7-3-5-14-6-4-10-18-16(14)15/h3-7,10,12-13,19H,8-9,11H2,1-2H3. The molecule has 1 heterocycles. The molecule has 1 fully saturated rings. The molecule has 1 aromatic heterocycles. The van der Waals surface area contributed by atoms with Crippen molar-refractivity contribution >= 4 is 10.9 Å². The summed E-state index contributed by atoms with van der Waals surface area (Å²) >= 11 is 0. The topological polar surface area (TPSA) is 33.1 Å². The van der Waals surface area contributed by atoms with Gasteiger partial charge in [-0.15, -0.1) is 0 Å². The lowest BCUT2D eigenvalue weighted by Gasteiger charge is -2.39. The van der Waals surface area contributed by atoms with Gasteiger partial charge in [0.15, 0.2) is 0 Å². The number of fused-ring (bicyclic) bond motifs is 1. The van der Waals surface area contributed by atoms with Crippen molar-refractivity contribution in [3.05, 3.63) is 42.1 Å². The summed E-state index contributed by atoms with van der Waals surface area (Å²) < 4.78 is 0. The fraction of sp³-hybridized carbons (Fsp3) is 0.471. The minimum absolute atomic E-state index is 0.553. The molecule has 2 aromatic rings. The van der Waals surface area contributed by atoms with Crippen molar-refractivity contribution in [2.24, 2.45) is 11.8 Å². The highest BCUT2D eigenvalue weighted by molar-refractivity contribution is 5.82. The van der Waals surface area contributed by atoms with Crippen LogP contribution in [0, 0.1) is 11.8 Å². The Morgan fingerprint density at radius 3 is 2.74 bits per heavy atom. The molecule has 2 nitrogen and oxygen atoms in total. The molecule has 1 aliphatic rings. The zero-order chi connectivity index (χ0) is 13.5. The van der Waals surface area contributed by atoms with Gasteiger partial charge in [0.25, 0.3) is 0 Å². The van der Waals surface area contributed by atoms with E-state index in [9.17, 15) is 5.11 Å². The normalized spacial score (nSPS) is 31.5. The van der Waals surface area contributed by atoms with Crippen LogP contribution < -0.4 is 0 Å². The van der Waals surface area contributed by atoms with Crippen molar-refractivity contribution in [2.45, 2.75) is 38.7 Å². The highest BCUT2D eigenvalue weighted by atomic mass is 16.3. The second-order valence-electron chi connectivity index (χ2n) is 6.11. The van der Waals surface area contributed by atoms with Gasteiger partial charge in [-0.05, 0) is 37.2 Å².